The Morgan fingerprint density at radius 2 is 2.42 bits per heavy atom. The van der Waals surface area contributed by atoms with Crippen LogP contribution in [0.15, 0.2) is 18.5 Å². The summed E-state index contributed by atoms with van der Waals surface area (Å²) in [6, 6.07) is 1.95. The largest absolute Gasteiger partial charge is 0.235 e. The van der Waals surface area contributed by atoms with Gasteiger partial charge in [-0.05, 0) is 6.42 Å². The van der Waals surface area contributed by atoms with Crippen LogP contribution < -0.4 is 0 Å². The van der Waals surface area contributed by atoms with Crippen molar-refractivity contribution in [2.75, 3.05) is 0 Å². The number of aryl methyl sites for hydroxylation is 1. The molecule has 0 N–H and O–H groups in total. The Morgan fingerprint density at radius 1 is 1.58 bits per heavy atom. The molecule has 0 aromatic carbocycles. The van der Waals surface area contributed by atoms with E-state index in [1.165, 1.54) is 0 Å². The highest BCUT2D eigenvalue weighted by Gasteiger charge is 1.99. The molecule has 0 aliphatic carbocycles. The van der Waals surface area contributed by atoms with Gasteiger partial charge >= 0.3 is 0 Å². The second-order valence-corrected chi connectivity index (χ2v) is 3.00. The zero-order valence-electron chi connectivity index (χ0n) is 6.66. The van der Waals surface area contributed by atoms with E-state index < -0.39 is 0 Å². The van der Waals surface area contributed by atoms with Gasteiger partial charge in [-0.15, -0.1) is 0 Å². The fourth-order valence-electron chi connectivity index (χ4n) is 1.08. The number of halogens is 1. The summed E-state index contributed by atoms with van der Waals surface area (Å²) in [5, 5.41) is 4.87. The third-order valence-corrected chi connectivity index (χ3v) is 1.89. The number of hydrogen-bond acceptors (Lipinski definition) is 2. The molecule has 0 radical (unpaired) electrons. The third kappa shape index (κ3) is 1.16. The SMILES string of the molecule is CCc1cc2ncc(Cl)cn2n1. The van der Waals surface area contributed by atoms with Gasteiger partial charge < -0.3 is 0 Å². The van der Waals surface area contributed by atoms with Crippen molar-refractivity contribution in [3.05, 3.63) is 29.2 Å². The highest BCUT2D eigenvalue weighted by molar-refractivity contribution is 6.30. The van der Waals surface area contributed by atoms with Gasteiger partial charge in [0.1, 0.15) is 0 Å². The van der Waals surface area contributed by atoms with Crippen LogP contribution in [0.25, 0.3) is 5.65 Å². The van der Waals surface area contributed by atoms with E-state index in [0.717, 1.165) is 17.8 Å². The first-order chi connectivity index (χ1) is 5.79. The second-order valence-electron chi connectivity index (χ2n) is 2.56. The lowest BCUT2D eigenvalue weighted by molar-refractivity contribution is 0.887. The molecule has 0 spiro atoms. The first kappa shape index (κ1) is 7.55. The summed E-state index contributed by atoms with van der Waals surface area (Å²) < 4.78 is 1.70. The maximum atomic E-state index is 5.75. The summed E-state index contributed by atoms with van der Waals surface area (Å²) in [5.41, 5.74) is 1.88. The summed E-state index contributed by atoms with van der Waals surface area (Å²) in [6.45, 7) is 2.06. The lowest BCUT2D eigenvalue weighted by Gasteiger charge is -1.90. The molecule has 0 unspecified atom stereocenters. The molecule has 12 heavy (non-hydrogen) atoms. The van der Waals surface area contributed by atoms with Crippen LogP contribution in [0.1, 0.15) is 12.6 Å². The van der Waals surface area contributed by atoms with Gasteiger partial charge in [0, 0.05) is 12.3 Å². The molecule has 62 valence electrons. The van der Waals surface area contributed by atoms with Gasteiger partial charge in [0.2, 0.25) is 0 Å². The van der Waals surface area contributed by atoms with Crippen LogP contribution in [0.4, 0.5) is 0 Å². The van der Waals surface area contributed by atoms with Crippen LogP contribution in [0.3, 0.4) is 0 Å². The minimum absolute atomic E-state index is 0.605. The van der Waals surface area contributed by atoms with Crippen molar-refractivity contribution >= 4 is 17.2 Å². The number of hydrogen-bond donors (Lipinski definition) is 0. The zero-order chi connectivity index (χ0) is 8.55. The van der Waals surface area contributed by atoms with Crippen LogP contribution in [0.5, 0.6) is 0 Å². The Hall–Kier alpha value is -1.09. The molecule has 2 aromatic heterocycles. The van der Waals surface area contributed by atoms with E-state index in [2.05, 4.69) is 17.0 Å². The normalized spacial score (nSPS) is 10.8. The van der Waals surface area contributed by atoms with Crippen LogP contribution >= 0.6 is 11.6 Å². The molecule has 2 rings (SSSR count). The standard InChI is InChI=1S/C8H8ClN3/c1-2-7-3-8-10-4-6(9)5-12(8)11-7/h3-5H,2H2,1H3. The highest BCUT2D eigenvalue weighted by Crippen LogP contribution is 2.09. The van der Waals surface area contributed by atoms with Gasteiger partial charge in [0.25, 0.3) is 0 Å². The molecule has 0 saturated carbocycles. The van der Waals surface area contributed by atoms with Gasteiger partial charge in [0.05, 0.1) is 16.9 Å². The molecule has 0 fully saturated rings. The summed E-state index contributed by atoms with van der Waals surface area (Å²) in [4.78, 5) is 4.12. The molecule has 0 atom stereocenters. The Balaban J connectivity index is 2.67. The predicted octanol–water partition coefficient (Wildman–Crippen LogP) is 1.95. The fourth-order valence-corrected chi connectivity index (χ4v) is 1.22. The minimum Gasteiger partial charge on any atom is -0.235 e. The van der Waals surface area contributed by atoms with Crippen molar-refractivity contribution < 1.29 is 0 Å². The molecule has 3 nitrogen and oxygen atoms in total. The summed E-state index contributed by atoms with van der Waals surface area (Å²) in [7, 11) is 0. The van der Waals surface area contributed by atoms with Crippen molar-refractivity contribution in [1.82, 2.24) is 14.6 Å². The lowest BCUT2D eigenvalue weighted by atomic mass is 10.3. The van der Waals surface area contributed by atoms with Crippen molar-refractivity contribution in [2.45, 2.75) is 13.3 Å². The average molecular weight is 182 g/mol. The van der Waals surface area contributed by atoms with Gasteiger partial charge in [-0.3, -0.25) is 0 Å². The maximum Gasteiger partial charge on any atom is 0.155 e. The number of rotatable bonds is 1. The lowest BCUT2D eigenvalue weighted by Crippen LogP contribution is -1.89. The first-order valence-corrected chi connectivity index (χ1v) is 4.17. The Morgan fingerprint density at radius 3 is 3.17 bits per heavy atom. The van der Waals surface area contributed by atoms with E-state index in [-0.39, 0.29) is 0 Å². The van der Waals surface area contributed by atoms with Crippen LogP contribution in [0.2, 0.25) is 5.02 Å². The molecule has 2 aromatic rings. The van der Waals surface area contributed by atoms with Crippen molar-refractivity contribution in [2.24, 2.45) is 0 Å². The number of aromatic nitrogens is 3. The van der Waals surface area contributed by atoms with E-state index in [1.54, 1.807) is 16.9 Å². The Kier molecular flexibility index (Phi) is 1.73. The van der Waals surface area contributed by atoms with E-state index in [1.807, 2.05) is 6.07 Å². The molecular weight excluding hydrogens is 174 g/mol. The quantitative estimate of drug-likeness (QED) is 0.673. The van der Waals surface area contributed by atoms with Crippen molar-refractivity contribution in [1.29, 1.82) is 0 Å². The topological polar surface area (TPSA) is 30.2 Å². The third-order valence-electron chi connectivity index (χ3n) is 1.69. The summed E-state index contributed by atoms with van der Waals surface area (Å²) >= 11 is 5.75. The molecule has 0 aliphatic heterocycles. The number of nitrogens with zero attached hydrogens (tertiary/aromatic N) is 3. The Bertz CT molecular complexity index is 408. The molecule has 0 saturated heterocycles. The predicted molar refractivity (Wildman–Crippen MR) is 47.4 cm³/mol. The van der Waals surface area contributed by atoms with Crippen molar-refractivity contribution in [3.63, 3.8) is 0 Å². The van der Waals surface area contributed by atoms with E-state index in [9.17, 15) is 0 Å². The molecular formula is C8H8ClN3. The summed E-state index contributed by atoms with van der Waals surface area (Å²) in [6.07, 6.45) is 4.29. The molecule has 4 heteroatoms. The van der Waals surface area contributed by atoms with Gasteiger partial charge in [-0.1, -0.05) is 18.5 Å². The zero-order valence-corrected chi connectivity index (χ0v) is 7.41. The number of fused-ring (bicyclic) bond motifs is 1. The van der Waals surface area contributed by atoms with Crippen LogP contribution in [-0.4, -0.2) is 14.6 Å². The van der Waals surface area contributed by atoms with Crippen LogP contribution in [0, 0.1) is 0 Å². The smallest absolute Gasteiger partial charge is 0.155 e. The Labute approximate surface area is 75.0 Å². The molecule has 0 amide bonds. The maximum absolute atomic E-state index is 5.75. The monoisotopic (exact) mass is 181 g/mol. The van der Waals surface area contributed by atoms with Crippen molar-refractivity contribution in [3.8, 4) is 0 Å². The molecule has 2 heterocycles. The van der Waals surface area contributed by atoms with E-state index in [4.69, 9.17) is 11.6 Å². The van der Waals surface area contributed by atoms with E-state index in [0.29, 0.717) is 5.02 Å². The second kappa shape index (κ2) is 2.75. The van der Waals surface area contributed by atoms with Crippen LogP contribution in [-0.2, 0) is 6.42 Å². The first-order valence-electron chi connectivity index (χ1n) is 3.79. The molecule has 0 bridgehead atoms. The summed E-state index contributed by atoms with van der Waals surface area (Å²) in [5.74, 6) is 0. The average Bonchev–Trinajstić information content (AvgIpc) is 2.46. The van der Waals surface area contributed by atoms with Gasteiger partial charge in [-0.2, -0.15) is 5.10 Å². The highest BCUT2D eigenvalue weighted by atomic mass is 35.5. The fraction of sp³-hybridized carbons (Fsp3) is 0.250. The minimum atomic E-state index is 0.605. The molecule has 0 aliphatic rings. The van der Waals surface area contributed by atoms with Gasteiger partial charge in [0.15, 0.2) is 5.65 Å². The van der Waals surface area contributed by atoms with E-state index >= 15 is 0 Å². The van der Waals surface area contributed by atoms with Gasteiger partial charge in [-0.25, -0.2) is 9.50 Å².